The van der Waals surface area contributed by atoms with Gasteiger partial charge in [0.15, 0.2) is 0 Å². The van der Waals surface area contributed by atoms with Gasteiger partial charge in [-0.2, -0.15) is 0 Å². The van der Waals surface area contributed by atoms with Crippen LogP contribution in [0.2, 0.25) is 0 Å². The molecule has 68 valence electrons. The maximum atomic E-state index is 9.47. The van der Waals surface area contributed by atoms with Crippen LogP contribution >= 0.6 is 0 Å². The fourth-order valence-electron chi connectivity index (χ4n) is 1.33. The molecule has 0 fully saturated rings. The monoisotopic (exact) mass is 177 g/mol. The second kappa shape index (κ2) is 3.20. The van der Waals surface area contributed by atoms with Crippen molar-refractivity contribution < 1.29 is 9.52 Å². The van der Waals surface area contributed by atoms with Gasteiger partial charge in [-0.25, -0.2) is 0 Å². The van der Waals surface area contributed by atoms with Crippen molar-refractivity contribution in [2.45, 2.75) is 6.10 Å². The van der Waals surface area contributed by atoms with Gasteiger partial charge in [0.05, 0.1) is 12.4 Å². The van der Waals surface area contributed by atoms with Crippen LogP contribution in [-0.4, -0.2) is 11.7 Å². The topological polar surface area (TPSA) is 59.4 Å². The molecular weight excluding hydrogens is 166 g/mol. The highest BCUT2D eigenvalue weighted by Crippen LogP contribution is 2.20. The number of aliphatic hydroxyl groups is 1. The summed E-state index contributed by atoms with van der Waals surface area (Å²) in [5.74, 6) is 0. The Balaban J connectivity index is 2.48. The number of hydrogen-bond donors (Lipinski definition) is 2. The SMILES string of the molecule is NC[C@@H](O)c1ccc2occc2c1. The van der Waals surface area contributed by atoms with Gasteiger partial charge in [0.25, 0.3) is 0 Å². The Morgan fingerprint density at radius 2 is 2.23 bits per heavy atom. The molecular formula is C10H11NO2. The smallest absolute Gasteiger partial charge is 0.133 e. The van der Waals surface area contributed by atoms with Crippen molar-refractivity contribution in [2.75, 3.05) is 6.54 Å². The van der Waals surface area contributed by atoms with E-state index < -0.39 is 6.10 Å². The van der Waals surface area contributed by atoms with Crippen LogP contribution in [0.1, 0.15) is 11.7 Å². The van der Waals surface area contributed by atoms with Gasteiger partial charge in [0.2, 0.25) is 0 Å². The van der Waals surface area contributed by atoms with E-state index in [4.69, 9.17) is 10.2 Å². The van der Waals surface area contributed by atoms with Crippen molar-refractivity contribution in [3.8, 4) is 0 Å². The first kappa shape index (κ1) is 8.29. The van der Waals surface area contributed by atoms with Crippen molar-refractivity contribution in [3.05, 3.63) is 36.1 Å². The normalized spacial score (nSPS) is 13.4. The molecule has 0 spiro atoms. The molecule has 3 N–H and O–H groups in total. The lowest BCUT2D eigenvalue weighted by Crippen LogP contribution is -2.11. The van der Waals surface area contributed by atoms with Gasteiger partial charge >= 0.3 is 0 Å². The number of fused-ring (bicyclic) bond motifs is 1. The minimum atomic E-state index is -0.584. The Morgan fingerprint density at radius 3 is 3.00 bits per heavy atom. The minimum absolute atomic E-state index is 0.239. The molecule has 2 aromatic rings. The largest absolute Gasteiger partial charge is 0.464 e. The lowest BCUT2D eigenvalue weighted by molar-refractivity contribution is 0.187. The first-order valence-corrected chi connectivity index (χ1v) is 4.16. The number of rotatable bonds is 2. The Morgan fingerprint density at radius 1 is 1.38 bits per heavy atom. The summed E-state index contributed by atoms with van der Waals surface area (Å²) in [5.41, 5.74) is 7.01. The second-order valence-electron chi connectivity index (χ2n) is 2.97. The molecule has 1 atom stereocenters. The third kappa shape index (κ3) is 1.43. The number of nitrogens with two attached hydrogens (primary N) is 1. The van der Waals surface area contributed by atoms with Gasteiger partial charge in [-0.1, -0.05) is 6.07 Å². The maximum Gasteiger partial charge on any atom is 0.133 e. The van der Waals surface area contributed by atoms with E-state index in [0.717, 1.165) is 16.5 Å². The Labute approximate surface area is 75.8 Å². The molecule has 0 aliphatic rings. The Bertz CT molecular complexity index is 408. The molecule has 3 heteroatoms. The van der Waals surface area contributed by atoms with E-state index in [0.29, 0.717) is 0 Å². The van der Waals surface area contributed by atoms with Crippen LogP contribution in [0.4, 0.5) is 0 Å². The molecule has 3 nitrogen and oxygen atoms in total. The summed E-state index contributed by atoms with van der Waals surface area (Å²) in [4.78, 5) is 0. The van der Waals surface area contributed by atoms with Gasteiger partial charge in [0, 0.05) is 11.9 Å². The molecule has 2 rings (SSSR count). The van der Waals surface area contributed by atoms with Gasteiger partial charge in [-0.05, 0) is 23.8 Å². The van der Waals surface area contributed by atoms with Crippen LogP contribution in [-0.2, 0) is 0 Å². The van der Waals surface area contributed by atoms with Crippen LogP contribution < -0.4 is 5.73 Å². The average Bonchev–Trinajstić information content (AvgIpc) is 2.63. The van der Waals surface area contributed by atoms with Crippen LogP contribution in [0.15, 0.2) is 34.9 Å². The predicted molar refractivity (Wildman–Crippen MR) is 50.2 cm³/mol. The molecule has 1 aromatic carbocycles. The molecule has 13 heavy (non-hydrogen) atoms. The molecule has 1 aromatic heterocycles. The van der Waals surface area contributed by atoms with Crippen LogP contribution in [0.5, 0.6) is 0 Å². The third-order valence-electron chi connectivity index (χ3n) is 2.08. The number of benzene rings is 1. The van der Waals surface area contributed by atoms with Crippen LogP contribution in [0.25, 0.3) is 11.0 Å². The summed E-state index contributed by atoms with van der Waals surface area (Å²) >= 11 is 0. The van der Waals surface area contributed by atoms with Gasteiger partial charge in [-0.3, -0.25) is 0 Å². The summed E-state index contributed by atoms with van der Waals surface area (Å²) < 4.78 is 5.17. The zero-order chi connectivity index (χ0) is 9.26. The van der Waals surface area contributed by atoms with Gasteiger partial charge < -0.3 is 15.3 Å². The quantitative estimate of drug-likeness (QED) is 0.729. The highest BCUT2D eigenvalue weighted by atomic mass is 16.3. The Hall–Kier alpha value is -1.32. The van der Waals surface area contributed by atoms with Crippen molar-refractivity contribution in [1.82, 2.24) is 0 Å². The van der Waals surface area contributed by atoms with E-state index in [1.165, 1.54) is 0 Å². The molecule has 0 saturated heterocycles. The molecule has 0 radical (unpaired) electrons. The molecule has 0 saturated carbocycles. The summed E-state index contributed by atoms with van der Waals surface area (Å²) in [6.07, 6.45) is 1.04. The van der Waals surface area contributed by atoms with Gasteiger partial charge in [-0.15, -0.1) is 0 Å². The summed E-state index contributed by atoms with van der Waals surface area (Å²) in [5, 5.41) is 10.5. The predicted octanol–water partition coefficient (Wildman–Crippen LogP) is 1.42. The minimum Gasteiger partial charge on any atom is -0.464 e. The molecule has 0 unspecified atom stereocenters. The number of aliphatic hydroxyl groups excluding tert-OH is 1. The van der Waals surface area contributed by atoms with E-state index in [-0.39, 0.29) is 6.54 Å². The zero-order valence-corrected chi connectivity index (χ0v) is 7.10. The summed E-state index contributed by atoms with van der Waals surface area (Å²) in [6.45, 7) is 0.239. The lowest BCUT2D eigenvalue weighted by Gasteiger charge is -2.06. The maximum absolute atomic E-state index is 9.47. The second-order valence-corrected chi connectivity index (χ2v) is 2.97. The standard InChI is InChI=1S/C10H11NO2/c11-6-9(12)7-1-2-10-8(5-7)3-4-13-10/h1-5,9,12H,6,11H2/t9-/m1/s1. The van der Waals surface area contributed by atoms with E-state index in [1.807, 2.05) is 24.3 Å². The fourth-order valence-corrected chi connectivity index (χ4v) is 1.33. The zero-order valence-electron chi connectivity index (χ0n) is 7.10. The fraction of sp³-hybridized carbons (Fsp3) is 0.200. The first-order valence-electron chi connectivity index (χ1n) is 4.16. The van der Waals surface area contributed by atoms with Crippen molar-refractivity contribution in [2.24, 2.45) is 5.73 Å². The van der Waals surface area contributed by atoms with Crippen molar-refractivity contribution in [3.63, 3.8) is 0 Å². The van der Waals surface area contributed by atoms with E-state index >= 15 is 0 Å². The van der Waals surface area contributed by atoms with Crippen LogP contribution in [0.3, 0.4) is 0 Å². The van der Waals surface area contributed by atoms with E-state index in [2.05, 4.69) is 0 Å². The highest BCUT2D eigenvalue weighted by molar-refractivity contribution is 5.77. The summed E-state index contributed by atoms with van der Waals surface area (Å²) in [6, 6.07) is 7.41. The summed E-state index contributed by atoms with van der Waals surface area (Å²) in [7, 11) is 0. The van der Waals surface area contributed by atoms with E-state index in [9.17, 15) is 5.11 Å². The third-order valence-corrected chi connectivity index (χ3v) is 2.08. The molecule has 0 aliphatic heterocycles. The van der Waals surface area contributed by atoms with Crippen molar-refractivity contribution in [1.29, 1.82) is 0 Å². The van der Waals surface area contributed by atoms with Crippen LogP contribution in [0, 0.1) is 0 Å². The number of furan rings is 1. The molecule has 0 amide bonds. The lowest BCUT2D eigenvalue weighted by atomic mass is 10.1. The average molecular weight is 177 g/mol. The Kier molecular flexibility index (Phi) is 2.04. The number of hydrogen-bond acceptors (Lipinski definition) is 3. The first-order chi connectivity index (χ1) is 6.31. The van der Waals surface area contributed by atoms with Gasteiger partial charge in [0.1, 0.15) is 5.58 Å². The van der Waals surface area contributed by atoms with Crippen molar-refractivity contribution >= 4 is 11.0 Å². The molecule has 0 aliphatic carbocycles. The molecule has 1 heterocycles. The van der Waals surface area contributed by atoms with E-state index in [1.54, 1.807) is 6.26 Å². The molecule has 0 bridgehead atoms. The highest BCUT2D eigenvalue weighted by Gasteiger charge is 2.06.